The molecule has 1 atom stereocenters. The number of esters is 1. The van der Waals surface area contributed by atoms with E-state index < -0.39 is 11.7 Å². The first kappa shape index (κ1) is 19.2. The van der Waals surface area contributed by atoms with Crippen LogP contribution in [0.3, 0.4) is 0 Å². The van der Waals surface area contributed by atoms with E-state index in [1.165, 1.54) is 11.0 Å². The fraction of sp³-hybridized carbons (Fsp3) is 0.182. The molecular weight excluding hydrogens is 394 g/mol. The fourth-order valence-corrected chi connectivity index (χ4v) is 3.65. The number of carbonyl (C=O) groups excluding carboxylic acids is 2. The summed E-state index contributed by atoms with van der Waals surface area (Å²) in [6.07, 6.45) is 0. The lowest BCUT2D eigenvalue weighted by Crippen LogP contribution is -2.44. The van der Waals surface area contributed by atoms with Crippen molar-refractivity contribution in [1.82, 2.24) is 4.90 Å². The summed E-state index contributed by atoms with van der Waals surface area (Å²) < 4.78 is 10.5. The molecule has 0 bridgehead atoms. The monoisotopic (exact) mass is 411 g/mol. The second kappa shape index (κ2) is 7.39. The number of hydrogen-bond acceptors (Lipinski definition) is 5. The Morgan fingerprint density at radius 3 is 2.59 bits per heavy atom. The van der Waals surface area contributed by atoms with Crippen molar-refractivity contribution in [3.05, 3.63) is 93.9 Å². The quantitative estimate of drug-likeness (QED) is 0.643. The van der Waals surface area contributed by atoms with Gasteiger partial charge in [-0.1, -0.05) is 41.9 Å². The van der Waals surface area contributed by atoms with Crippen molar-refractivity contribution in [2.24, 2.45) is 0 Å². The molecule has 148 valence electrons. The normalized spacial score (nSPS) is 18.0. The molecule has 29 heavy (non-hydrogen) atoms. The van der Waals surface area contributed by atoms with Gasteiger partial charge in [-0.2, -0.15) is 0 Å². The topological polar surface area (TPSA) is 80.0 Å². The van der Waals surface area contributed by atoms with Crippen LogP contribution >= 0.6 is 11.6 Å². The number of carbonyl (C=O) groups is 2. The summed E-state index contributed by atoms with van der Waals surface area (Å²) in [4.78, 5) is 26.3. The number of rotatable bonds is 5. The van der Waals surface area contributed by atoms with E-state index in [1.54, 1.807) is 61.5 Å². The molecule has 0 radical (unpaired) electrons. The zero-order valence-corrected chi connectivity index (χ0v) is 16.3. The number of hydrogen-bond donors (Lipinski definition) is 1. The molecule has 0 fully saturated rings. The number of nitrogens with zero attached hydrogens (tertiary/aromatic N) is 1. The minimum Gasteiger partial charge on any atom is -0.460 e. The van der Waals surface area contributed by atoms with E-state index in [2.05, 4.69) is 0 Å². The van der Waals surface area contributed by atoms with Gasteiger partial charge >= 0.3 is 5.97 Å². The van der Waals surface area contributed by atoms with Gasteiger partial charge in [0.1, 0.15) is 5.76 Å². The average Bonchev–Trinajstić information content (AvgIpc) is 3.28. The van der Waals surface area contributed by atoms with Gasteiger partial charge in [0.05, 0.1) is 13.2 Å². The smallest absolute Gasteiger partial charge is 0.374 e. The van der Waals surface area contributed by atoms with E-state index in [-0.39, 0.29) is 24.8 Å². The summed E-state index contributed by atoms with van der Waals surface area (Å²) in [5.41, 5.74) is -0.321. The molecule has 2 heterocycles. The summed E-state index contributed by atoms with van der Waals surface area (Å²) >= 11 is 6.00. The van der Waals surface area contributed by atoms with Crippen LogP contribution in [0, 0.1) is 0 Å². The maximum atomic E-state index is 13.1. The van der Waals surface area contributed by atoms with Crippen LogP contribution < -0.4 is 0 Å². The molecule has 1 unspecified atom stereocenters. The van der Waals surface area contributed by atoms with E-state index in [9.17, 15) is 14.7 Å². The molecule has 1 N–H and O–H groups in total. The Balaban J connectivity index is 1.74. The van der Waals surface area contributed by atoms with Crippen molar-refractivity contribution >= 4 is 23.5 Å². The molecule has 1 aliphatic rings. The van der Waals surface area contributed by atoms with Crippen LogP contribution in [0.2, 0.25) is 5.02 Å². The van der Waals surface area contributed by atoms with Gasteiger partial charge in [-0.25, -0.2) is 4.79 Å². The van der Waals surface area contributed by atoms with Crippen LogP contribution in [0.25, 0.3) is 0 Å². The van der Waals surface area contributed by atoms with Crippen molar-refractivity contribution in [2.75, 3.05) is 6.61 Å². The van der Waals surface area contributed by atoms with Crippen LogP contribution in [-0.4, -0.2) is 28.5 Å². The highest BCUT2D eigenvalue weighted by molar-refractivity contribution is 6.30. The van der Waals surface area contributed by atoms with E-state index in [4.69, 9.17) is 20.8 Å². The van der Waals surface area contributed by atoms with Crippen molar-refractivity contribution in [3.63, 3.8) is 0 Å². The summed E-state index contributed by atoms with van der Waals surface area (Å²) in [7, 11) is 0. The molecule has 6 nitrogen and oxygen atoms in total. The number of furan rings is 1. The molecule has 0 saturated carbocycles. The van der Waals surface area contributed by atoms with Crippen LogP contribution in [0.1, 0.15) is 44.7 Å². The third-order valence-electron chi connectivity index (χ3n) is 4.87. The van der Waals surface area contributed by atoms with Gasteiger partial charge in [0.25, 0.3) is 5.91 Å². The maximum Gasteiger partial charge on any atom is 0.374 e. The molecule has 0 saturated heterocycles. The van der Waals surface area contributed by atoms with E-state index >= 15 is 0 Å². The highest BCUT2D eigenvalue weighted by atomic mass is 35.5. The van der Waals surface area contributed by atoms with Crippen LogP contribution in [0.5, 0.6) is 0 Å². The Morgan fingerprint density at radius 2 is 1.86 bits per heavy atom. The molecular formula is C22H18ClNO5. The van der Waals surface area contributed by atoms with E-state index in [1.807, 2.05) is 0 Å². The predicted molar refractivity (Wildman–Crippen MR) is 105 cm³/mol. The van der Waals surface area contributed by atoms with Crippen molar-refractivity contribution in [1.29, 1.82) is 0 Å². The lowest BCUT2D eigenvalue weighted by atomic mass is 9.94. The summed E-state index contributed by atoms with van der Waals surface area (Å²) in [6, 6.07) is 16.6. The summed E-state index contributed by atoms with van der Waals surface area (Å²) in [6.45, 7) is 1.89. The standard InChI is InChI=1S/C22H18ClNO5/c1-2-28-21(26)19-12-11-16(29-19)13-24-20(25)17-5-3-4-6-18(17)22(24,27)14-7-9-15(23)10-8-14/h3-12,27H,2,13H2,1H3. The number of fused-ring (bicyclic) bond motifs is 1. The first-order valence-electron chi connectivity index (χ1n) is 9.11. The molecule has 2 aromatic carbocycles. The lowest BCUT2D eigenvalue weighted by molar-refractivity contribution is -0.0567. The van der Waals surface area contributed by atoms with E-state index in [0.29, 0.717) is 27.5 Å². The Morgan fingerprint density at radius 1 is 1.14 bits per heavy atom. The van der Waals surface area contributed by atoms with Gasteiger partial charge < -0.3 is 14.3 Å². The minimum absolute atomic E-state index is 0.0357. The molecule has 1 amide bonds. The number of benzene rings is 2. The average molecular weight is 412 g/mol. The minimum atomic E-state index is -1.70. The number of amides is 1. The molecule has 4 rings (SSSR count). The van der Waals surface area contributed by atoms with Crippen LogP contribution in [-0.2, 0) is 17.0 Å². The van der Waals surface area contributed by atoms with Crippen molar-refractivity contribution in [3.8, 4) is 0 Å². The zero-order chi connectivity index (χ0) is 20.6. The van der Waals surface area contributed by atoms with Gasteiger partial charge in [-0.15, -0.1) is 0 Å². The molecule has 7 heteroatoms. The summed E-state index contributed by atoms with van der Waals surface area (Å²) in [5.74, 6) is -0.530. The Hall–Kier alpha value is -3.09. The number of aliphatic hydroxyl groups is 1. The molecule has 1 aliphatic heterocycles. The number of ether oxygens (including phenoxy) is 1. The third-order valence-corrected chi connectivity index (χ3v) is 5.12. The van der Waals surface area contributed by atoms with Gasteiger partial charge in [0, 0.05) is 21.7 Å². The highest BCUT2D eigenvalue weighted by Crippen LogP contribution is 2.43. The van der Waals surface area contributed by atoms with Gasteiger partial charge in [0.2, 0.25) is 5.76 Å². The molecule has 0 aliphatic carbocycles. The third kappa shape index (κ3) is 3.20. The Kier molecular flexibility index (Phi) is 4.90. The van der Waals surface area contributed by atoms with Crippen LogP contribution in [0.4, 0.5) is 0 Å². The Labute approximate surface area is 172 Å². The molecule has 0 spiro atoms. The second-order valence-electron chi connectivity index (χ2n) is 6.60. The lowest BCUT2D eigenvalue weighted by Gasteiger charge is -2.34. The predicted octanol–water partition coefficient (Wildman–Crippen LogP) is 3.96. The number of halogens is 1. The van der Waals surface area contributed by atoms with Gasteiger partial charge in [-0.3, -0.25) is 9.69 Å². The Bertz CT molecular complexity index is 1070. The van der Waals surface area contributed by atoms with Crippen molar-refractivity contribution < 1.29 is 23.8 Å². The zero-order valence-electron chi connectivity index (χ0n) is 15.6. The van der Waals surface area contributed by atoms with Crippen LogP contribution in [0.15, 0.2) is 65.1 Å². The maximum absolute atomic E-state index is 13.1. The first-order chi connectivity index (χ1) is 13.9. The summed E-state index contributed by atoms with van der Waals surface area (Å²) in [5, 5.41) is 12.2. The largest absolute Gasteiger partial charge is 0.460 e. The highest BCUT2D eigenvalue weighted by Gasteiger charge is 2.50. The molecule has 3 aromatic rings. The van der Waals surface area contributed by atoms with Gasteiger partial charge in [0.15, 0.2) is 5.72 Å². The first-order valence-corrected chi connectivity index (χ1v) is 9.48. The SMILES string of the molecule is CCOC(=O)c1ccc(CN2C(=O)c3ccccc3C2(O)c2ccc(Cl)cc2)o1. The van der Waals surface area contributed by atoms with Crippen molar-refractivity contribution in [2.45, 2.75) is 19.2 Å². The van der Waals surface area contributed by atoms with Gasteiger partial charge in [-0.05, 0) is 37.3 Å². The molecule has 1 aromatic heterocycles. The fourth-order valence-electron chi connectivity index (χ4n) is 3.52. The second-order valence-corrected chi connectivity index (χ2v) is 7.04. The van der Waals surface area contributed by atoms with E-state index in [0.717, 1.165) is 0 Å².